The van der Waals surface area contributed by atoms with Crippen molar-refractivity contribution in [2.75, 3.05) is 26.7 Å². The summed E-state index contributed by atoms with van der Waals surface area (Å²) in [5.74, 6) is 1.61. The fourth-order valence-electron chi connectivity index (χ4n) is 1.91. The summed E-state index contributed by atoms with van der Waals surface area (Å²) in [6, 6.07) is 3.92. The van der Waals surface area contributed by atoms with Gasteiger partial charge in [-0.2, -0.15) is 0 Å². The molecule has 0 saturated carbocycles. The maximum atomic E-state index is 5.42. The molecule has 0 aromatic carbocycles. The van der Waals surface area contributed by atoms with Crippen molar-refractivity contribution in [2.24, 2.45) is 4.99 Å². The van der Waals surface area contributed by atoms with Gasteiger partial charge in [-0.05, 0) is 31.9 Å². The first kappa shape index (κ1) is 20.9. The van der Waals surface area contributed by atoms with Crippen molar-refractivity contribution < 1.29 is 4.74 Å². The van der Waals surface area contributed by atoms with Crippen molar-refractivity contribution in [1.82, 2.24) is 15.2 Å². The van der Waals surface area contributed by atoms with Gasteiger partial charge < -0.3 is 15.0 Å². The minimum Gasteiger partial charge on any atom is -0.478 e. The standard InChI is InChI=1S/C16H28N4O.HI/c1-5-8-11-20(4)16(17-6-2)19-13-14-9-10-18-15(12-14)21-7-3;/h9-10,12H,5-8,11,13H2,1-4H3,(H,17,19);1H. The Morgan fingerprint density at radius 2 is 2.14 bits per heavy atom. The van der Waals surface area contributed by atoms with Gasteiger partial charge in [0.25, 0.3) is 0 Å². The number of hydrogen-bond acceptors (Lipinski definition) is 3. The zero-order valence-corrected chi connectivity index (χ0v) is 16.5. The highest BCUT2D eigenvalue weighted by Crippen LogP contribution is 2.10. The van der Waals surface area contributed by atoms with Gasteiger partial charge in [-0.3, -0.25) is 0 Å². The number of hydrogen-bond donors (Lipinski definition) is 1. The van der Waals surface area contributed by atoms with Gasteiger partial charge in [-0.25, -0.2) is 9.98 Å². The number of aliphatic imine (C=N–C) groups is 1. The molecule has 0 atom stereocenters. The minimum atomic E-state index is 0. The second kappa shape index (κ2) is 12.5. The maximum absolute atomic E-state index is 5.42. The number of ether oxygens (including phenoxy) is 1. The summed E-state index contributed by atoms with van der Waals surface area (Å²) >= 11 is 0. The molecule has 1 aromatic heterocycles. The molecule has 0 radical (unpaired) electrons. The van der Waals surface area contributed by atoms with Crippen LogP contribution >= 0.6 is 24.0 Å². The molecule has 0 fully saturated rings. The molecule has 1 heterocycles. The van der Waals surface area contributed by atoms with Crippen LogP contribution in [0.25, 0.3) is 0 Å². The third-order valence-electron chi connectivity index (χ3n) is 3.05. The van der Waals surface area contributed by atoms with Gasteiger partial charge in [0.1, 0.15) is 0 Å². The Balaban J connectivity index is 0.00000441. The summed E-state index contributed by atoms with van der Waals surface area (Å²) < 4.78 is 5.42. The Morgan fingerprint density at radius 1 is 1.36 bits per heavy atom. The lowest BCUT2D eigenvalue weighted by Crippen LogP contribution is -2.39. The number of guanidine groups is 1. The quantitative estimate of drug-likeness (QED) is 0.399. The number of nitrogens with one attached hydrogen (secondary N) is 1. The van der Waals surface area contributed by atoms with E-state index in [1.807, 2.05) is 19.1 Å². The Labute approximate surface area is 151 Å². The van der Waals surface area contributed by atoms with E-state index >= 15 is 0 Å². The molecular formula is C16H29IN4O. The Bertz CT molecular complexity index is 440. The largest absolute Gasteiger partial charge is 0.478 e. The molecule has 0 aliphatic carbocycles. The van der Waals surface area contributed by atoms with Gasteiger partial charge in [0.05, 0.1) is 13.2 Å². The normalized spacial score (nSPS) is 10.8. The molecule has 126 valence electrons. The van der Waals surface area contributed by atoms with E-state index < -0.39 is 0 Å². The average Bonchev–Trinajstić information content (AvgIpc) is 2.49. The van der Waals surface area contributed by atoms with Crippen LogP contribution in [-0.2, 0) is 6.54 Å². The summed E-state index contributed by atoms with van der Waals surface area (Å²) in [4.78, 5) is 11.0. The van der Waals surface area contributed by atoms with E-state index in [0.717, 1.165) is 24.6 Å². The van der Waals surface area contributed by atoms with Crippen molar-refractivity contribution in [2.45, 2.75) is 40.2 Å². The summed E-state index contributed by atoms with van der Waals surface area (Å²) in [5, 5.41) is 3.33. The summed E-state index contributed by atoms with van der Waals surface area (Å²) in [7, 11) is 2.08. The molecule has 0 unspecified atom stereocenters. The molecule has 0 bridgehead atoms. The molecule has 0 aliphatic heterocycles. The van der Waals surface area contributed by atoms with Gasteiger partial charge in [0.2, 0.25) is 5.88 Å². The molecule has 0 spiro atoms. The van der Waals surface area contributed by atoms with E-state index in [4.69, 9.17) is 4.74 Å². The number of nitrogens with zero attached hydrogens (tertiary/aromatic N) is 3. The zero-order chi connectivity index (χ0) is 15.5. The van der Waals surface area contributed by atoms with Crippen LogP contribution in [0.4, 0.5) is 0 Å². The predicted octanol–water partition coefficient (Wildman–Crippen LogP) is 3.30. The Kier molecular flexibility index (Phi) is 11.9. The molecule has 22 heavy (non-hydrogen) atoms. The van der Waals surface area contributed by atoms with E-state index in [1.54, 1.807) is 6.20 Å². The number of rotatable bonds is 8. The third kappa shape index (κ3) is 7.82. The zero-order valence-electron chi connectivity index (χ0n) is 14.1. The number of halogens is 1. The van der Waals surface area contributed by atoms with E-state index in [1.165, 1.54) is 12.8 Å². The molecule has 5 nitrogen and oxygen atoms in total. The second-order valence-corrected chi connectivity index (χ2v) is 4.88. The van der Waals surface area contributed by atoms with Crippen LogP contribution in [-0.4, -0.2) is 42.6 Å². The van der Waals surface area contributed by atoms with Crippen LogP contribution in [0, 0.1) is 0 Å². The minimum absolute atomic E-state index is 0. The molecule has 1 rings (SSSR count). The molecule has 0 aliphatic rings. The van der Waals surface area contributed by atoms with Gasteiger partial charge in [0.15, 0.2) is 5.96 Å². The first-order chi connectivity index (χ1) is 10.2. The highest BCUT2D eigenvalue weighted by atomic mass is 127. The summed E-state index contributed by atoms with van der Waals surface area (Å²) in [6.45, 7) is 9.38. The van der Waals surface area contributed by atoms with Crippen molar-refractivity contribution in [1.29, 1.82) is 0 Å². The molecule has 0 saturated heterocycles. The van der Waals surface area contributed by atoms with Crippen molar-refractivity contribution in [3.8, 4) is 5.88 Å². The van der Waals surface area contributed by atoms with E-state index in [0.29, 0.717) is 19.0 Å². The number of aromatic nitrogens is 1. The monoisotopic (exact) mass is 420 g/mol. The lowest BCUT2D eigenvalue weighted by Gasteiger charge is -2.21. The fraction of sp³-hybridized carbons (Fsp3) is 0.625. The van der Waals surface area contributed by atoms with Crippen LogP contribution in [0.1, 0.15) is 39.2 Å². The highest BCUT2D eigenvalue weighted by Gasteiger charge is 2.05. The van der Waals surface area contributed by atoms with Gasteiger partial charge in [-0.15, -0.1) is 24.0 Å². The third-order valence-corrected chi connectivity index (χ3v) is 3.05. The van der Waals surface area contributed by atoms with Gasteiger partial charge in [0, 0.05) is 32.4 Å². The van der Waals surface area contributed by atoms with Crippen LogP contribution < -0.4 is 10.1 Å². The SMILES string of the molecule is CCCCN(C)C(=NCc1ccnc(OCC)c1)NCC.I. The van der Waals surface area contributed by atoms with Crippen molar-refractivity contribution in [3.05, 3.63) is 23.9 Å². The predicted molar refractivity (Wildman–Crippen MR) is 103 cm³/mol. The lowest BCUT2D eigenvalue weighted by atomic mass is 10.3. The molecule has 1 N–H and O–H groups in total. The van der Waals surface area contributed by atoms with Crippen LogP contribution in [0.5, 0.6) is 5.88 Å². The molecular weight excluding hydrogens is 391 g/mol. The summed E-state index contributed by atoms with van der Waals surface area (Å²) in [6.07, 6.45) is 4.13. The second-order valence-electron chi connectivity index (χ2n) is 4.88. The Morgan fingerprint density at radius 3 is 2.77 bits per heavy atom. The number of pyridine rings is 1. The van der Waals surface area contributed by atoms with E-state index in [2.05, 4.69) is 41.1 Å². The molecule has 0 amide bonds. The van der Waals surface area contributed by atoms with Crippen LogP contribution in [0.2, 0.25) is 0 Å². The van der Waals surface area contributed by atoms with E-state index in [-0.39, 0.29) is 24.0 Å². The smallest absolute Gasteiger partial charge is 0.213 e. The molecule has 6 heteroatoms. The van der Waals surface area contributed by atoms with E-state index in [9.17, 15) is 0 Å². The highest BCUT2D eigenvalue weighted by molar-refractivity contribution is 14.0. The average molecular weight is 420 g/mol. The van der Waals surface area contributed by atoms with Gasteiger partial charge >= 0.3 is 0 Å². The van der Waals surface area contributed by atoms with Crippen molar-refractivity contribution in [3.63, 3.8) is 0 Å². The first-order valence-corrected chi connectivity index (χ1v) is 7.78. The maximum Gasteiger partial charge on any atom is 0.213 e. The summed E-state index contributed by atoms with van der Waals surface area (Å²) in [5.41, 5.74) is 1.10. The lowest BCUT2D eigenvalue weighted by molar-refractivity contribution is 0.326. The topological polar surface area (TPSA) is 49.8 Å². The van der Waals surface area contributed by atoms with Gasteiger partial charge in [-0.1, -0.05) is 13.3 Å². The van der Waals surface area contributed by atoms with Crippen molar-refractivity contribution >= 4 is 29.9 Å². The first-order valence-electron chi connectivity index (χ1n) is 7.78. The Hall–Kier alpha value is -1.05. The fourth-order valence-corrected chi connectivity index (χ4v) is 1.91. The molecule has 1 aromatic rings. The number of unbranched alkanes of at least 4 members (excludes halogenated alkanes) is 1. The van der Waals surface area contributed by atoms with Crippen LogP contribution in [0.15, 0.2) is 23.3 Å². The van der Waals surface area contributed by atoms with Crippen LogP contribution in [0.3, 0.4) is 0 Å².